The number of alkyl halides is 3. The van der Waals surface area contributed by atoms with Crippen LogP contribution in [0.3, 0.4) is 0 Å². The van der Waals surface area contributed by atoms with Crippen LogP contribution in [0.25, 0.3) is 0 Å². The third kappa shape index (κ3) is 6.63. The second kappa shape index (κ2) is 8.87. The van der Waals surface area contributed by atoms with Crippen molar-refractivity contribution in [3.05, 3.63) is 53.6 Å². The van der Waals surface area contributed by atoms with E-state index in [1.165, 1.54) is 0 Å². The highest BCUT2D eigenvalue weighted by Crippen LogP contribution is 2.41. The van der Waals surface area contributed by atoms with Crippen LogP contribution in [0.4, 0.5) is 18.9 Å². The minimum Gasteiger partial charge on any atom is -0.483 e. The SMILES string of the molecule is CC1(C)Cc2cccc(OCC(=O)Nc3ccc(CC(=O)NCC(F)(F)F)cc3)c2O1. The number of halogens is 3. The summed E-state index contributed by atoms with van der Waals surface area (Å²) in [5, 5.41) is 4.48. The first-order valence-corrected chi connectivity index (χ1v) is 9.67. The van der Waals surface area contributed by atoms with Crippen molar-refractivity contribution >= 4 is 17.5 Å². The zero-order chi connectivity index (χ0) is 22.6. The predicted octanol–water partition coefficient (Wildman–Crippen LogP) is 3.64. The largest absolute Gasteiger partial charge is 0.483 e. The smallest absolute Gasteiger partial charge is 0.405 e. The molecule has 2 amide bonds. The van der Waals surface area contributed by atoms with Crippen LogP contribution >= 0.6 is 0 Å². The molecule has 1 aliphatic heterocycles. The number of benzene rings is 2. The fourth-order valence-corrected chi connectivity index (χ4v) is 3.19. The average Bonchev–Trinajstić information content (AvgIpc) is 3.00. The molecule has 0 aromatic heterocycles. The lowest BCUT2D eigenvalue weighted by Gasteiger charge is -2.18. The highest BCUT2D eigenvalue weighted by molar-refractivity contribution is 5.92. The van der Waals surface area contributed by atoms with E-state index in [0.29, 0.717) is 22.7 Å². The summed E-state index contributed by atoms with van der Waals surface area (Å²) in [6.45, 7) is 2.37. The number of amides is 2. The molecule has 0 spiro atoms. The Morgan fingerprint density at radius 1 is 1.10 bits per heavy atom. The first-order chi connectivity index (χ1) is 14.5. The molecule has 0 radical (unpaired) electrons. The topological polar surface area (TPSA) is 76.7 Å². The normalized spacial score (nSPS) is 14.4. The molecule has 1 heterocycles. The molecule has 9 heteroatoms. The Morgan fingerprint density at radius 3 is 2.48 bits per heavy atom. The number of carbonyl (C=O) groups excluding carboxylic acids is 2. The van der Waals surface area contributed by atoms with Gasteiger partial charge in [0.2, 0.25) is 5.91 Å². The Bertz CT molecular complexity index is 956. The molecule has 166 valence electrons. The van der Waals surface area contributed by atoms with Crippen LogP contribution < -0.4 is 20.1 Å². The van der Waals surface area contributed by atoms with Gasteiger partial charge in [-0.3, -0.25) is 9.59 Å². The highest BCUT2D eigenvalue weighted by Gasteiger charge is 2.32. The summed E-state index contributed by atoms with van der Waals surface area (Å²) in [5.41, 5.74) is 1.70. The minimum atomic E-state index is -4.45. The summed E-state index contributed by atoms with van der Waals surface area (Å²) in [7, 11) is 0. The second-order valence-corrected chi connectivity index (χ2v) is 7.89. The molecule has 2 aromatic rings. The van der Waals surface area contributed by atoms with Gasteiger partial charge in [-0.15, -0.1) is 0 Å². The van der Waals surface area contributed by atoms with Crippen molar-refractivity contribution in [2.75, 3.05) is 18.5 Å². The number of ether oxygens (including phenoxy) is 2. The third-order valence-corrected chi connectivity index (χ3v) is 4.50. The van der Waals surface area contributed by atoms with Gasteiger partial charge in [-0.2, -0.15) is 13.2 Å². The first kappa shape index (κ1) is 22.5. The Kier molecular flexibility index (Phi) is 6.42. The van der Waals surface area contributed by atoms with E-state index in [-0.39, 0.29) is 24.5 Å². The van der Waals surface area contributed by atoms with Crippen molar-refractivity contribution in [2.24, 2.45) is 0 Å². The van der Waals surface area contributed by atoms with Gasteiger partial charge in [-0.1, -0.05) is 24.3 Å². The lowest BCUT2D eigenvalue weighted by Crippen LogP contribution is -2.34. The molecule has 3 rings (SSSR count). The van der Waals surface area contributed by atoms with Crippen molar-refractivity contribution < 1.29 is 32.2 Å². The van der Waals surface area contributed by atoms with Gasteiger partial charge in [0, 0.05) is 17.7 Å². The van der Waals surface area contributed by atoms with E-state index in [9.17, 15) is 22.8 Å². The molecule has 1 aliphatic rings. The molecule has 0 unspecified atom stereocenters. The first-order valence-electron chi connectivity index (χ1n) is 9.67. The predicted molar refractivity (Wildman–Crippen MR) is 108 cm³/mol. The van der Waals surface area contributed by atoms with Crippen LogP contribution in [0.15, 0.2) is 42.5 Å². The van der Waals surface area contributed by atoms with E-state index in [4.69, 9.17) is 9.47 Å². The van der Waals surface area contributed by atoms with Gasteiger partial charge in [0.15, 0.2) is 18.1 Å². The maximum absolute atomic E-state index is 12.2. The van der Waals surface area contributed by atoms with E-state index < -0.39 is 18.6 Å². The second-order valence-electron chi connectivity index (χ2n) is 7.89. The van der Waals surface area contributed by atoms with Gasteiger partial charge in [0.05, 0.1) is 6.42 Å². The van der Waals surface area contributed by atoms with E-state index in [0.717, 1.165) is 12.0 Å². The van der Waals surface area contributed by atoms with E-state index >= 15 is 0 Å². The molecule has 0 atom stereocenters. The summed E-state index contributed by atoms with van der Waals surface area (Å²) < 4.78 is 47.9. The van der Waals surface area contributed by atoms with Crippen LogP contribution in [0, 0.1) is 0 Å². The molecule has 0 aliphatic carbocycles. The standard InChI is InChI=1S/C22H23F3N2O4/c1-21(2)11-15-4-3-5-17(20(15)31-21)30-12-19(29)27-16-8-6-14(7-9-16)10-18(28)26-13-22(23,24)25/h3-9H,10-13H2,1-2H3,(H,26,28)(H,27,29). The van der Waals surface area contributed by atoms with Crippen LogP contribution in [0.2, 0.25) is 0 Å². The summed E-state index contributed by atoms with van der Waals surface area (Å²) in [4.78, 5) is 23.8. The molecule has 2 aromatic carbocycles. The van der Waals surface area contributed by atoms with E-state index in [1.54, 1.807) is 30.3 Å². The maximum Gasteiger partial charge on any atom is 0.405 e. The monoisotopic (exact) mass is 436 g/mol. The average molecular weight is 436 g/mol. The number of nitrogens with one attached hydrogen (secondary N) is 2. The number of anilines is 1. The number of rotatable bonds is 7. The fraction of sp³-hybridized carbons (Fsp3) is 0.364. The molecular weight excluding hydrogens is 413 g/mol. The van der Waals surface area contributed by atoms with Gasteiger partial charge < -0.3 is 20.1 Å². The van der Waals surface area contributed by atoms with Crippen LogP contribution in [-0.4, -0.2) is 36.7 Å². The van der Waals surface area contributed by atoms with Crippen molar-refractivity contribution in [3.8, 4) is 11.5 Å². The Morgan fingerprint density at radius 2 is 1.81 bits per heavy atom. The summed E-state index contributed by atoms with van der Waals surface area (Å²) in [6.07, 6.45) is -3.89. The van der Waals surface area contributed by atoms with E-state index in [2.05, 4.69) is 5.32 Å². The molecule has 0 bridgehead atoms. The van der Waals surface area contributed by atoms with Crippen LogP contribution in [0.5, 0.6) is 11.5 Å². The minimum absolute atomic E-state index is 0.192. The van der Waals surface area contributed by atoms with Gasteiger partial charge in [0.1, 0.15) is 12.1 Å². The molecule has 0 saturated heterocycles. The molecule has 6 nitrogen and oxygen atoms in total. The van der Waals surface area contributed by atoms with Gasteiger partial charge in [-0.05, 0) is 37.6 Å². The van der Waals surface area contributed by atoms with Crippen molar-refractivity contribution in [2.45, 2.75) is 38.5 Å². The number of hydrogen-bond acceptors (Lipinski definition) is 4. The molecule has 0 saturated carbocycles. The Labute approximate surface area is 177 Å². The van der Waals surface area contributed by atoms with Crippen molar-refractivity contribution in [3.63, 3.8) is 0 Å². The molecular formula is C22H23F3N2O4. The lowest BCUT2D eigenvalue weighted by atomic mass is 10.0. The van der Waals surface area contributed by atoms with Gasteiger partial charge in [0.25, 0.3) is 5.91 Å². The number of fused-ring (bicyclic) bond motifs is 1. The summed E-state index contributed by atoms with van der Waals surface area (Å²) in [5.74, 6) is 0.0284. The maximum atomic E-state index is 12.2. The van der Waals surface area contributed by atoms with Crippen LogP contribution in [-0.2, 0) is 22.4 Å². The third-order valence-electron chi connectivity index (χ3n) is 4.50. The zero-order valence-electron chi connectivity index (χ0n) is 17.1. The number of para-hydroxylation sites is 1. The van der Waals surface area contributed by atoms with Crippen molar-refractivity contribution in [1.29, 1.82) is 0 Å². The zero-order valence-corrected chi connectivity index (χ0v) is 17.1. The Balaban J connectivity index is 1.49. The molecule has 31 heavy (non-hydrogen) atoms. The Hall–Kier alpha value is -3.23. The summed E-state index contributed by atoms with van der Waals surface area (Å²) in [6, 6.07) is 11.8. The van der Waals surface area contributed by atoms with Crippen molar-refractivity contribution in [1.82, 2.24) is 5.32 Å². The molecule has 0 fully saturated rings. The van der Waals surface area contributed by atoms with Crippen LogP contribution in [0.1, 0.15) is 25.0 Å². The molecule has 2 N–H and O–H groups in total. The summed E-state index contributed by atoms with van der Waals surface area (Å²) >= 11 is 0. The van der Waals surface area contributed by atoms with Gasteiger partial charge in [-0.25, -0.2) is 0 Å². The number of hydrogen-bond donors (Lipinski definition) is 2. The van der Waals surface area contributed by atoms with Gasteiger partial charge >= 0.3 is 6.18 Å². The number of carbonyl (C=O) groups is 2. The van der Waals surface area contributed by atoms with E-state index in [1.807, 2.05) is 31.3 Å². The highest BCUT2D eigenvalue weighted by atomic mass is 19.4. The lowest BCUT2D eigenvalue weighted by molar-refractivity contribution is -0.138. The fourth-order valence-electron chi connectivity index (χ4n) is 3.19. The quantitative estimate of drug-likeness (QED) is 0.695.